The smallest absolute Gasteiger partial charge is 0.180 e. The van der Waals surface area contributed by atoms with E-state index in [-0.39, 0.29) is 11.2 Å². The van der Waals surface area contributed by atoms with Crippen LogP contribution in [-0.4, -0.2) is 11.8 Å². The third-order valence-electron chi connectivity index (χ3n) is 2.63. The fourth-order valence-electron chi connectivity index (χ4n) is 1.41. The second-order valence-corrected chi connectivity index (χ2v) is 5.02. The van der Waals surface area contributed by atoms with Gasteiger partial charge in [0.1, 0.15) is 0 Å². The van der Waals surface area contributed by atoms with Crippen molar-refractivity contribution in [2.24, 2.45) is 11.1 Å². The first kappa shape index (κ1) is 11.9. The topological polar surface area (TPSA) is 43.1 Å². The molecule has 0 aromatic heterocycles. The molecule has 0 radical (unpaired) electrons. The number of ketones is 1. The Balaban J connectivity index is 3.01. The Bertz CT molecular complexity index is 363. The van der Waals surface area contributed by atoms with E-state index in [2.05, 4.69) is 0 Å². The van der Waals surface area contributed by atoms with Crippen LogP contribution in [0.5, 0.6) is 0 Å². The lowest BCUT2D eigenvalue weighted by Gasteiger charge is -2.26. The monoisotopic (exact) mass is 205 g/mol. The second kappa shape index (κ2) is 4.15. The van der Waals surface area contributed by atoms with E-state index >= 15 is 0 Å². The van der Waals surface area contributed by atoms with Crippen LogP contribution in [0.1, 0.15) is 36.7 Å². The third-order valence-corrected chi connectivity index (χ3v) is 2.63. The number of carbonyl (C=O) groups excluding carboxylic acids is 1. The van der Waals surface area contributed by atoms with E-state index in [0.29, 0.717) is 0 Å². The van der Waals surface area contributed by atoms with Gasteiger partial charge in [-0.15, -0.1) is 0 Å². The Kier molecular flexibility index (Phi) is 3.30. The molecule has 0 aliphatic carbocycles. The molecule has 0 fully saturated rings. The van der Waals surface area contributed by atoms with Gasteiger partial charge in [0.2, 0.25) is 0 Å². The van der Waals surface area contributed by atoms with Gasteiger partial charge in [-0.3, -0.25) is 4.79 Å². The molecule has 2 heteroatoms. The first-order valence-electron chi connectivity index (χ1n) is 5.19. The molecule has 1 unspecified atom stereocenters. The first-order valence-corrected chi connectivity index (χ1v) is 5.19. The number of Topliss-reactive ketones (excluding diaryl/α,β-unsaturated/α-hetero) is 1. The van der Waals surface area contributed by atoms with Crippen molar-refractivity contribution in [2.75, 3.05) is 0 Å². The average Bonchev–Trinajstić information content (AvgIpc) is 2.15. The van der Waals surface area contributed by atoms with Gasteiger partial charge in [-0.2, -0.15) is 0 Å². The van der Waals surface area contributed by atoms with Gasteiger partial charge in [0, 0.05) is 5.56 Å². The molecule has 1 rings (SSSR count). The molecule has 1 atom stereocenters. The highest BCUT2D eigenvalue weighted by Gasteiger charge is 2.28. The third kappa shape index (κ3) is 2.66. The van der Waals surface area contributed by atoms with Gasteiger partial charge in [-0.1, -0.05) is 45.0 Å². The molecular weight excluding hydrogens is 186 g/mol. The summed E-state index contributed by atoms with van der Waals surface area (Å²) < 4.78 is 0. The first-order chi connectivity index (χ1) is 6.84. The number of aryl methyl sites for hydroxylation is 1. The molecule has 0 saturated heterocycles. The van der Waals surface area contributed by atoms with Crippen LogP contribution in [0, 0.1) is 12.3 Å². The lowest BCUT2D eigenvalue weighted by Crippen LogP contribution is -2.42. The van der Waals surface area contributed by atoms with Crippen LogP contribution in [0.2, 0.25) is 0 Å². The molecule has 0 spiro atoms. The van der Waals surface area contributed by atoms with Gasteiger partial charge in [0.25, 0.3) is 0 Å². The SMILES string of the molecule is Cc1ccccc1C(=O)C(N)C(C)(C)C. The summed E-state index contributed by atoms with van der Waals surface area (Å²) in [7, 11) is 0. The van der Waals surface area contributed by atoms with Gasteiger partial charge in [-0.05, 0) is 17.9 Å². The van der Waals surface area contributed by atoms with Crippen molar-refractivity contribution in [3.05, 3.63) is 35.4 Å². The molecule has 1 aromatic carbocycles. The predicted octanol–water partition coefficient (Wildman–Crippen LogP) is 2.55. The minimum absolute atomic E-state index is 0.0283. The van der Waals surface area contributed by atoms with Crippen LogP contribution in [-0.2, 0) is 0 Å². The quantitative estimate of drug-likeness (QED) is 0.754. The molecule has 2 N–H and O–H groups in total. The van der Waals surface area contributed by atoms with Crippen LogP contribution in [0.3, 0.4) is 0 Å². The molecule has 2 nitrogen and oxygen atoms in total. The standard InChI is InChI=1S/C13H19NO/c1-9-7-5-6-8-10(9)11(15)12(14)13(2,3)4/h5-8,12H,14H2,1-4H3. The number of hydrogen-bond acceptors (Lipinski definition) is 2. The number of hydrogen-bond donors (Lipinski definition) is 1. The lowest BCUT2D eigenvalue weighted by atomic mass is 9.82. The largest absolute Gasteiger partial charge is 0.321 e. The van der Waals surface area contributed by atoms with E-state index in [1.165, 1.54) is 0 Å². The maximum Gasteiger partial charge on any atom is 0.180 e. The highest BCUT2D eigenvalue weighted by molar-refractivity contribution is 6.01. The van der Waals surface area contributed by atoms with E-state index in [9.17, 15) is 4.79 Å². The predicted molar refractivity (Wildman–Crippen MR) is 62.9 cm³/mol. The van der Waals surface area contributed by atoms with Crippen LogP contribution >= 0.6 is 0 Å². The number of benzene rings is 1. The van der Waals surface area contributed by atoms with E-state index in [1.54, 1.807) is 0 Å². The number of nitrogens with two attached hydrogens (primary N) is 1. The summed E-state index contributed by atoms with van der Waals surface area (Å²) in [6.45, 7) is 7.87. The zero-order valence-corrected chi connectivity index (χ0v) is 9.87. The molecule has 0 aliphatic heterocycles. The Hall–Kier alpha value is -1.15. The van der Waals surface area contributed by atoms with Gasteiger partial charge >= 0.3 is 0 Å². The summed E-state index contributed by atoms with van der Waals surface area (Å²) in [5, 5.41) is 0. The molecule has 82 valence electrons. The van der Waals surface area contributed by atoms with Crippen molar-refractivity contribution in [1.29, 1.82) is 0 Å². The highest BCUT2D eigenvalue weighted by atomic mass is 16.1. The van der Waals surface area contributed by atoms with Crippen molar-refractivity contribution >= 4 is 5.78 Å². The molecule has 0 aliphatic rings. The maximum atomic E-state index is 12.1. The molecular formula is C13H19NO. The van der Waals surface area contributed by atoms with Gasteiger partial charge < -0.3 is 5.73 Å². The number of carbonyl (C=O) groups is 1. The molecule has 0 bridgehead atoms. The molecule has 0 saturated carbocycles. The Morgan fingerprint density at radius 3 is 2.27 bits per heavy atom. The maximum absolute atomic E-state index is 12.1. The van der Waals surface area contributed by atoms with Gasteiger partial charge in [0.15, 0.2) is 5.78 Å². The van der Waals surface area contributed by atoms with E-state index in [1.807, 2.05) is 52.0 Å². The Labute approximate surface area is 91.5 Å². The van der Waals surface area contributed by atoms with E-state index in [0.717, 1.165) is 11.1 Å². The van der Waals surface area contributed by atoms with Crippen molar-refractivity contribution in [3.63, 3.8) is 0 Å². The number of rotatable bonds is 2. The lowest BCUT2D eigenvalue weighted by molar-refractivity contribution is 0.0900. The zero-order valence-electron chi connectivity index (χ0n) is 9.87. The fourth-order valence-corrected chi connectivity index (χ4v) is 1.41. The van der Waals surface area contributed by atoms with Crippen LogP contribution in [0.25, 0.3) is 0 Å². The van der Waals surface area contributed by atoms with Crippen LogP contribution < -0.4 is 5.73 Å². The minimum atomic E-state index is -0.446. The average molecular weight is 205 g/mol. The molecule has 15 heavy (non-hydrogen) atoms. The van der Waals surface area contributed by atoms with Crippen molar-refractivity contribution in [3.8, 4) is 0 Å². The summed E-state index contributed by atoms with van der Waals surface area (Å²) in [5.74, 6) is 0.0283. The van der Waals surface area contributed by atoms with Crippen molar-refractivity contribution < 1.29 is 4.79 Å². The van der Waals surface area contributed by atoms with E-state index < -0.39 is 6.04 Å². The Morgan fingerprint density at radius 1 is 1.27 bits per heavy atom. The van der Waals surface area contributed by atoms with Crippen LogP contribution in [0.15, 0.2) is 24.3 Å². The van der Waals surface area contributed by atoms with E-state index in [4.69, 9.17) is 5.73 Å². The summed E-state index contributed by atoms with van der Waals surface area (Å²) >= 11 is 0. The highest BCUT2D eigenvalue weighted by Crippen LogP contribution is 2.21. The normalized spacial score (nSPS) is 13.7. The summed E-state index contributed by atoms with van der Waals surface area (Å²) in [6.07, 6.45) is 0. The summed E-state index contributed by atoms with van der Waals surface area (Å²) in [6, 6.07) is 7.12. The zero-order chi connectivity index (χ0) is 11.6. The Morgan fingerprint density at radius 2 is 1.80 bits per heavy atom. The molecule has 0 amide bonds. The summed E-state index contributed by atoms with van der Waals surface area (Å²) in [4.78, 5) is 12.1. The molecule has 1 aromatic rings. The van der Waals surface area contributed by atoms with Crippen LogP contribution in [0.4, 0.5) is 0 Å². The minimum Gasteiger partial charge on any atom is -0.321 e. The van der Waals surface area contributed by atoms with Crippen molar-refractivity contribution in [1.82, 2.24) is 0 Å². The molecule has 0 heterocycles. The van der Waals surface area contributed by atoms with Gasteiger partial charge in [-0.25, -0.2) is 0 Å². The van der Waals surface area contributed by atoms with Gasteiger partial charge in [0.05, 0.1) is 6.04 Å². The van der Waals surface area contributed by atoms with Crippen molar-refractivity contribution in [2.45, 2.75) is 33.7 Å². The second-order valence-electron chi connectivity index (χ2n) is 5.02. The fraction of sp³-hybridized carbons (Fsp3) is 0.462. The summed E-state index contributed by atoms with van der Waals surface area (Å²) in [5.41, 5.74) is 7.47.